The number of hydrogen-bond donors (Lipinski definition) is 1. The Hall–Kier alpha value is -3.27. The third-order valence-corrected chi connectivity index (χ3v) is 6.04. The number of nitrogens with two attached hydrogens (primary N) is 1. The summed E-state index contributed by atoms with van der Waals surface area (Å²) in [6.45, 7) is 1.65. The fraction of sp³-hybridized carbons (Fsp3) is 0.318. The molecule has 7 heteroatoms. The maximum atomic E-state index is 13.9. The largest absolute Gasteiger partial charge is 0.369 e. The maximum absolute atomic E-state index is 13.9. The molecular weight excluding hydrogens is 374 g/mol. The maximum Gasteiger partial charge on any atom is 0.239 e. The summed E-state index contributed by atoms with van der Waals surface area (Å²) in [5.41, 5.74) is 5.98. The minimum atomic E-state index is -1.29. The average Bonchev–Trinajstić information content (AvgIpc) is 3.47. The van der Waals surface area contributed by atoms with Crippen LogP contribution in [0.15, 0.2) is 47.5 Å². The van der Waals surface area contributed by atoms with Crippen molar-refractivity contribution in [2.24, 2.45) is 10.7 Å². The number of carbonyl (C=O) groups excluding carboxylic acids is 1. The van der Waals surface area contributed by atoms with Crippen molar-refractivity contribution in [3.8, 4) is 6.07 Å². The first kappa shape index (κ1) is 19.1. The van der Waals surface area contributed by atoms with E-state index in [9.17, 15) is 18.8 Å². The zero-order valence-electron chi connectivity index (χ0n) is 16.1. The number of carbonyl (C=O) groups is 1. The molecule has 2 atom stereocenters. The molecule has 1 aliphatic heterocycles. The van der Waals surface area contributed by atoms with Gasteiger partial charge in [0.2, 0.25) is 5.91 Å². The molecule has 1 fully saturated rings. The fourth-order valence-electron chi connectivity index (χ4n) is 4.05. The van der Waals surface area contributed by atoms with E-state index < -0.39 is 28.5 Å². The Morgan fingerprint density at radius 2 is 1.72 bits per heavy atom. The summed E-state index contributed by atoms with van der Waals surface area (Å²) in [6.07, 6.45) is 1.63. The third-order valence-electron chi connectivity index (χ3n) is 6.04. The Balaban J connectivity index is 1.84. The molecule has 148 valence electrons. The van der Waals surface area contributed by atoms with Gasteiger partial charge in [-0.05, 0) is 48.6 Å². The summed E-state index contributed by atoms with van der Waals surface area (Å²) in [5, 5.41) is 9.40. The number of hydrogen-bond acceptors (Lipinski definition) is 4. The molecule has 1 aliphatic carbocycles. The van der Waals surface area contributed by atoms with Crippen molar-refractivity contribution in [2.75, 3.05) is 7.05 Å². The molecule has 5 nitrogen and oxygen atoms in total. The fourth-order valence-corrected chi connectivity index (χ4v) is 4.05. The number of benzene rings is 2. The normalized spacial score (nSPS) is 25.3. The van der Waals surface area contributed by atoms with E-state index in [1.54, 1.807) is 19.1 Å². The van der Waals surface area contributed by atoms with Crippen molar-refractivity contribution in [1.82, 2.24) is 4.90 Å². The average molecular weight is 394 g/mol. The van der Waals surface area contributed by atoms with Gasteiger partial charge in [-0.25, -0.2) is 13.8 Å². The first-order valence-corrected chi connectivity index (χ1v) is 9.31. The molecule has 2 aromatic rings. The van der Waals surface area contributed by atoms with Gasteiger partial charge < -0.3 is 5.73 Å². The van der Waals surface area contributed by atoms with Crippen molar-refractivity contribution in [1.29, 1.82) is 5.26 Å². The number of nitrogens with zero attached hydrogens (tertiary/aromatic N) is 3. The van der Waals surface area contributed by atoms with Gasteiger partial charge in [0.1, 0.15) is 17.2 Å². The molecule has 2 aromatic carbocycles. The molecule has 0 unspecified atom stereocenters. The predicted octanol–water partition coefficient (Wildman–Crippen LogP) is 3.31. The molecule has 29 heavy (non-hydrogen) atoms. The summed E-state index contributed by atoms with van der Waals surface area (Å²) in [6, 6.07) is 12.7. The first-order valence-electron chi connectivity index (χ1n) is 9.31. The third kappa shape index (κ3) is 2.96. The van der Waals surface area contributed by atoms with Crippen LogP contribution in [0, 0.1) is 23.0 Å². The molecule has 2 aliphatic rings. The highest BCUT2D eigenvalue weighted by molar-refractivity contribution is 6.02. The lowest BCUT2D eigenvalue weighted by atomic mass is 9.74. The van der Waals surface area contributed by atoms with E-state index in [1.165, 1.54) is 24.1 Å². The van der Waals surface area contributed by atoms with Gasteiger partial charge in [0, 0.05) is 13.1 Å². The van der Waals surface area contributed by atoms with Gasteiger partial charge in [-0.15, -0.1) is 0 Å². The Morgan fingerprint density at radius 3 is 2.24 bits per heavy atom. The van der Waals surface area contributed by atoms with E-state index in [0.29, 0.717) is 5.56 Å². The minimum absolute atomic E-state index is 0.0172. The SMILES string of the molecule is CN1C(=O)[C@@H](c2ccc(C3(C#N)CC3)cc2)[C@@](C)(c2cc(F)cc(F)c2)N=C1N. The second-order valence-corrected chi connectivity index (χ2v) is 7.92. The lowest BCUT2D eigenvalue weighted by molar-refractivity contribution is -0.130. The van der Waals surface area contributed by atoms with E-state index in [2.05, 4.69) is 11.1 Å². The Morgan fingerprint density at radius 1 is 1.14 bits per heavy atom. The number of likely N-dealkylation sites (N-methyl/N-ethyl adjacent to an activating group) is 1. The van der Waals surface area contributed by atoms with E-state index in [-0.39, 0.29) is 17.4 Å². The van der Waals surface area contributed by atoms with Crippen LogP contribution in [0.1, 0.15) is 42.4 Å². The molecule has 1 saturated carbocycles. The van der Waals surface area contributed by atoms with E-state index in [1.807, 2.05) is 12.1 Å². The van der Waals surface area contributed by atoms with E-state index >= 15 is 0 Å². The van der Waals surface area contributed by atoms with Crippen LogP contribution in [0.2, 0.25) is 0 Å². The van der Waals surface area contributed by atoms with Gasteiger partial charge >= 0.3 is 0 Å². The minimum Gasteiger partial charge on any atom is -0.369 e. The number of aliphatic imine (C=N–C) groups is 1. The molecule has 1 heterocycles. The molecular formula is C22H20F2N4O. The molecule has 1 amide bonds. The molecule has 0 radical (unpaired) electrons. The number of nitriles is 1. The monoisotopic (exact) mass is 394 g/mol. The quantitative estimate of drug-likeness (QED) is 0.867. The smallest absolute Gasteiger partial charge is 0.239 e. The Kier molecular flexibility index (Phi) is 4.19. The van der Waals surface area contributed by atoms with Gasteiger partial charge in [0.25, 0.3) is 0 Å². The lowest BCUT2D eigenvalue weighted by Crippen LogP contribution is -2.52. The van der Waals surface area contributed by atoms with Crippen molar-refractivity contribution in [3.05, 3.63) is 70.8 Å². The van der Waals surface area contributed by atoms with Crippen LogP contribution in [0.4, 0.5) is 8.78 Å². The zero-order valence-corrected chi connectivity index (χ0v) is 16.1. The summed E-state index contributed by atoms with van der Waals surface area (Å²) < 4.78 is 27.9. The van der Waals surface area contributed by atoms with Crippen LogP contribution in [0.5, 0.6) is 0 Å². The predicted molar refractivity (Wildman–Crippen MR) is 104 cm³/mol. The van der Waals surface area contributed by atoms with Crippen molar-refractivity contribution < 1.29 is 13.6 Å². The van der Waals surface area contributed by atoms with Crippen molar-refractivity contribution in [2.45, 2.75) is 36.6 Å². The van der Waals surface area contributed by atoms with Gasteiger partial charge in [-0.3, -0.25) is 9.69 Å². The van der Waals surface area contributed by atoms with E-state index in [0.717, 1.165) is 24.5 Å². The number of amides is 1. The van der Waals surface area contributed by atoms with Crippen LogP contribution < -0.4 is 5.73 Å². The Bertz CT molecular complexity index is 1050. The summed E-state index contributed by atoms with van der Waals surface area (Å²) >= 11 is 0. The zero-order chi connectivity index (χ0) is 21.0. The van der Waals surface area contributed by atoms with Crippen LogP contribution in [-0.2, 0) is 15.7 Å². The van der Waals surface area contributed by atoms with Gasteiger partial charge in [0.15, 0.2) is 5.96 Å². The first-order chi connectivity index (χ1) is 13.7. The second kappa shape index (κ2) is 6.38. The van der Waals surface area contributed by atoms with Gasteiger partial charge in [-0.2, -0.15) is 5.26 Å². The summed E-state index contributed by atoms with van der Waals surface area (Å²) in [7, 11) is 1.52. The molecule has 0 saturated heterocycles. The lowest BCUT2D eigenvalue weighted by Gasteiger charge is -2.41. The highest BCUT2D eigenvalue weighted by atomic mass is 19.1. The molecule has 0 bridgehead atoms. The summed E-state index contributed by atoms with van der Waals surface area (Å²) in [4.78, 5) is 18.9. The molecule has 0 aromatic heterocycles. The van der Waals surface area contributed by atoms with Crippen LogP contribution in [-0.4, -0.2) is 23.8 Å². The van der Waals surface area contributed by atoms with Crippen LogP contribution in [0.25, 0.3) is 0 Å². The van der Waals surface area contributed by atoms with E-state index in [4.69, 9.17) is 5.73 Å². The molecule has 0 spiro atoms. The highest BCUT2D eigenvalue weighted by Gasteiger charge is 2.48. The van der Waals surface area contributed by atoms with Gasteiger partial charge in [0.05, 0.1) is 17.4 Å². The van der Waals surface area contributed by atoms with Crippen LogP contribution in [0.3, 0.4) is 0 Å². The standard InChI is InChI=1S/C22H20F2N4O/c1-21(15-9-16(23)11-17(24)10-15)18(19(29)28(2)20(26)27-21)13-3-5-14(6-4-13)22(12-25)7-8-22/h3-6,9-11,18H,7-8H2,1-2H3,(H2,26,27)/t18-,21-/m1/s1. The van der Waals surface area contributed by atoms with Crippen molar-refractivity contribution in [3.63, 3.8) is 0 Å². The summed E-state index contributed by atoms with van der Waals surface area (Å²) in [5.74, 6) is -2.66. The number of rotatable bonds is 3. The molecule has 2 N–H and O–H groups in total. The van der Waals surface area contributed by atoms with Crippen LogP contribution >= 0.6 is 0 Å². The second-order valence-electron chi connectivity index (χ2n) is 7.92. The number of halogens is 2. The topological polar surface area (TPSA) is 82.5 Å². The highest BCUT2D eigenvalue weighted by Crippen LogP contribution is 2.49. The van der Waals surface area contributed by atoms with Gasteiger partial charge in [-0.1, -0.05) is 24.3 Å². The van der Waals surface area contributed by atoms with Crippen molar-refractivity contribution >= 4 is 11.9 Å². The Labute approximate surface area is 167 Å². The molecule has 4 rings (SSSR count). The number of guanidine groups is 1.